The molecule has 0 spiro atoms. The largest absolute Gasteiger partial charge is 0.481 e. The van der Waals surface area contributed by atoms with Gasteiger partial charge in [-0.15, -0.1) is 0 Å². The minimum atomic E-state index is -1.01. The summed E-state index contributed by atoms with van der Waals surface area (Å²) in [6.45, 7) is 1.95. The van der Waals surface area contributed by atoms with Crippen LogP contribution in [-0.4, -0.2) is 29.1 Å². The highest BCUT2D eigenvalue weighted by atomic mass is 16.5. The highest BCUT2D eigenvalue weighted by Gasteiger charge is 2.25. The third kappa shape index (κ3) is 3.59. The fourth-order valence-electron chi connectivity index (χ4n) is 3.16. The van der Waals surface area contributed by atoms with E-state index in [1.807, 2.05) is 25.1 Å². The van der Waals surface area contributed by atoms with Crippen LogP contribution in [-0.2, 0) is 9.59 Å². The maximum absolute atomic E-state index is 12.4. The van der Waals surface area contributed by atoms with E-state index in [1.54, 1.807) is 25.4 Å². The fourth-order valence-corrected chi connectivity index (χ4v) is 3.16. The molecule has 1 aromatic carbocycles. The number of carbonyl (C=O) groups is 2. The third-order valence-electron chi connectivity index (χ3n) is 4.49. The van der Waals surface area contributed by atoms with Gasteiger partial charge in [0.25, 0.3) is 5.91 Å². The number of aryl methyl sites for hydroxylation is 1. The number of pyridine rings is 1. The predicted molar refractivity (Wildman–Crippen MR) is 98.1 cm³/mol. The molecule has 26 heavy (non-hydrogen) atoms. The van der Waals surface area contributed by atoms with Gasteiger partial charge < -0.3 is 15.2 Å². The van der Waals surface area contributed by atoms with Crippen LogP contribution in [0.1, 0.15) is 24.8 Å². The first-order valence-corrected chi connectivity index (χ1v) is 8.37. The van der Waals surface area contributed by atoms with Crippen LogP contribution >= 0.6 is 0 Å². The van der Waals surface area contributed by atoms with Crippen LogP contribution in [0.4, 0.5) is 5.69 Å². The molecule has 0 aliphatic heterocycles. The zero-order valence-corrected chi connectivity index (χ0v) is 14.7. The lowest BCUT2D eigenvalue weighted by molar-refractivity contribution is -0.133. The number of nitrogens with zero attached hydrogens (tertiary/aromatic N) is 1. The molecular formula is C20H20N2O4. The van der Waals surface area contributed by atoms with Gasteiger partial charge >= 0.3 is 5.97 Å². The number of carboxylic acids is 1. The van der Waals surface area contributed by atoms with Gasteiger partial charge in [-0.05, 0) is 55.5 Å². The molecule has 1 aliphatic carbocycles. The first-order chi connectivity index (χ1) is 12.5. The van der Waals surface area contributed by atoms with Crippen LogP contribution in [0.25, 0.3) is 11.1 Å². The summed E-state index contributed by atoms with van der Waals surface area (Å²) in [6, 6.07) is 9.31. The van der Waals surface area contributed by atoms with Crippen molar-refractivity contribution in [2.75, 3.05) is 12.4 Å². The Hall–Kier alpha value is -3.15. The molecular weight excluding hydrogens is 332 g/mol. The molecule has 6 nitrogen and oxygen atoms in total. The van der Waals surface area contributed by atoms with Crippen molar-refractivity contribution in [2.45, 2.75) is 26.2 Å². The molecule has 6 heteroatoms. The van der Waals surface area contributed by atoms with Crippen molar-refractivity contribution >= 4 is 17.6 Å². The summed E-state index contributed by atoms with van der Waals surface area (Å²) in [4.78, 5) is 27.8. The summed E-state index contributed by atoms with van der Waals surface area (Å²) in [6.07, 6.45) is 3.39. The van der Waals surface area contributed by atoms with Gasteiger partial charge in [0.15, 0.2) is 0 Å². The quantitative estimate of drug-likeness (QED) is 0.859. The molecule has 1 amide bonds. The standard InChI is InChI=1S/C20H20N2O4/c1-12-10-14(22-19(23)16-4-3-5-17(16)20(24)25)7-8-15(12)13-6-9-18(26-2)21-11-13/h6-11H,3-5H2,1-2H3,(H,22,23)(H,24,25). The van der Waals surface area contributed by atoms with Crippen molar-refractivity contribution in [2.24, 2.45) is 0 Å². The molecule has 2 N–H and O–H groups in total. The van der Waals surface area contributed by atoms with E-state index in [-0.39, 0.29) is 11.5 Å². The van der Waals surface area contributed by atoms with Crippen molar-refractivity contribution < 1.29 is 19.4 Å². The number of carbonyl (C=O) groups excluding carboxylic acids is 1. The van der Waals surface area contributed by atoms with Crippen molar-refractivity contribution in [3.63, 3.8) is 0 Å². The summed E-state index contributed by atoms with van der Waals surface area (Å²) in [5.74, 6) is -0.793. The summed E-state index contributed by atoms with van der Waals surface area (Å²) in [7, 11) is 1.57. The third-order valence-corrected chi connectivity index (χ3v) is 4.49. The minimum absolute atomic E-state index is 0.222. The lowest BCUT2D eigenvalue weighted by atomic mass is 10.0. The van der Waals surface area contributed by atoms with Crippen LogP contribution in [0.15, 0.2) is 47.7 Å². The zero-order chi connectivity index (χ0) is 18.7. The van der Waals surface area contributed by atoms with Crippen LogP contribution in [0, 0.1) is 6.92 Å². The van der Waals surface area contributed by atoms with Gasteiger partial charge in [0.2, 0.25) is 5.88 Å². The fraction of sp³-hybridized carbons (Fsp3) is 0.250. The first-order valence-electron chi connectivity index (χ1n) is 8.37. The van der Waals surface area contributed by atoms with Crippen LogP contribution in [0.5, 0.6) is 5.88 Å². The van der Waals surface area contributed by atoms with Crippen LogP contribution in [0.2, 0.25) is 0 Å². The second-order valence-corrected chi connectivity index (χ2v) is 6.19. The molecule has 1 aromatic heterocycles. The summed E-state index contributed by atoms with van der Waals surface area (Å²) < 4.78 is 5.07. The Morgan fingerprint density at radius 3 is 2.54 bits per heavy atom. The number of methoxy groups -OCH3 is 1. The van der Waals surface area contributed by atoms with Crippen molar-refractivity contribution in [3.8, 4) is 17.0 Å². The average Bonchev–Trinajstić information content (AvgIpc) is 3.12. The molecule has 0 radical (unpaired) electrons. The number of hydrogen-bond acceptors (Lipinski definition) is 4. The molecule has 3 rings (SSSR count). The maximum Gasteiger partial charge on any atom is 0.332 e. The number of amides is 1. The zero-order valence-electron chi connectivity index (χ0n) is 14.7. The average molecular weight is 352 g/mol. The second kappa shape index (κ2) is 7.39. The monoisotopic (exact) mass is 352 g/mol. The Labute approximate surface area is 151 Å². The van der Waals surface area contributed by atoms with E-state index in [0.717, 1.165) is 16.7 Å². The lowest BCUT2D eigenvalue weighted by Gasteiger charge is -2.11. The maximum atomic E-state index is 12.4. The Bertz CT molecular complexity index is 885. The van der Waals surface area contributed by atoms with E-state index in [1.165, 1.54) is 0 Å². The van der Waals surface area contributed by atoms with Gasteiger partial charge in [0.1, 0.15) is 0 Å². The van der Waals surface area contributed by atoms with E-state index < -0.39 is 5.97 Å². The molecule has 134 valence electrons. The SMILES string of the molecule is COc1ccc(-c2ccc(NC(=O)C3=C(C(=O)O)CCC3)cc2C)cn1. The van der Waals surface area contributed by atoms with Gasteiger partial charge in [0, 0.05) is 34.7 Å². The molecule has 1 aliphatic rings. The number of anilines is 1. The number of benzene rings is 1. The molecule has 0 saturated carbocycles. The minimum Gasteiger partial charge on any atom is -0.481 e. The number of aromatic nitrogens is 1. The molecule has 0 saturated heterocycles. The van der Waals surface area contributed by atoms with Gasteiger partial charge in [-0.3, -0.25) is 4.79 Å². The van der Waals surface area contributed by atoms with Gasteiger partial charge in [-0.2, -0.15) is 0 Å². The second-order valence-electron chi connectivity index (χ2n) is 6.19. The number of rotatable bonds is 5. The highest BCUT2D eigenvalue weighted by molar-refractivity contribution is 6.09. The molecule has 1 heterocycles. The molecule has 0 unspecified atom stereocenters. The smallest absolute Gasteiger partial charge is 0.332 e. The number of carboxylic acid groups (broad SMARTS) is 1. The topological polar surface area (TPSA) is 88.5 Å². The Balaban J connectivity index is 1.80. The lowest BCUT2D eigenvalue weighted by Crippen LogP contribution is -2.16. The number of ether oxygens (including phenoxy) is 1. The van der Waals surface area contributed by atoms with Gasteiger partial charge in [0.05, 0.1) is 7.11 Å². The van der Waals surface area contributed by atoms with Crippen molar-refractivity contribution in [1.29, 1.82) is 0 Å². The molecule has 0 bridgehead atoms. The van der Waals surface area contributed by atoms with Crippen LogP contribution in [0.3, 0.4) is 0 Å². The Kier molecular flexibility index (Phi) is 5.02. The van der Waals surface area contributed by atoms with E-state index in [9.17, 15) is 14.7 Å². The number of nitrogens with one attached hydrogen (secondary N) is 1. The summed E-state index contributed by atoms with van der Waals surface area (Å²) in [5, 5.41) is 12.0. The van der Waals surface area contributed by atoms with Crippen molar-refractivity contribution in [3.05, 3.63) is 53.2 Å². The van der Waals surface area contributed by atoms with Crippen LogP contribution < -0.4 is 10.1 Å². The molecule has 0 atom stereocenters. The first kappa shape index (κ1) is 17.7. The Morgan fingerprint density at radius 1 is 1.15 bits per heavy atom. The predicted octanol–water partition coefficient (Wildman–Crippen LogP) is 3.57. The van der Waals surface area contributed by atoms with Gasteiger partial charge in [-0.1, -0.05) is 6.07 Å². The number of hydrogen-bond donors (Lipinski definition) is 2. The molecule has 0 fully saturated rings. The molecule has 2 aromatic rings. The van der Waals surface area contributed by atoms with E-state index in [4.69, 9.17) is 4.74 Å². The van der Waals surface area contributed by atoms with E-state index in [2.05, 4.69) is 10.3 Å². The van der Waals surface area contributed by atoms with Gasteiger partial charge in [-0.25, -0.2) is 9.78 Å². The summed E-state index contributed by atoms with van der Waals surface area (Å²) >= 11 is 0. The van der Waals surface area contributed by atoms with Crippen molar-refractivity contribution in [1.82, 2.24) is 4.98 Å². The normalized spacial score (nSPS) is 13.6. The number of aliphatic carboxylic acids is 1. The van der Waals surface area contributed by atoms with E-state index >= 15 is 0 Å². The summed E-state index contributed by atoms with van der Waals surface area (Å²) in [5.41, 5.74) is 4.17. The van der Waals surface area contributed by atoms with E-state index in [0.29, 0.717) is 36.4 Å². The Morgan fingerprint density at radius 2 is 1.92 bits per heavy atom. The highest BCUT2D eigenvalue weighted by Crippen LogP contribution is 2.29.